The first-order valence-electron chi connectivity index (χ1n) is 20.9. The molecule has 58 heavy (non-hydrogen) atoms. The molecule has 0 amide bonds. The van der Waals surface area contributed by atoms with Crippen molar-refractivity contribution in [2.24, 2.45) is 0 Å². The van der Waals surface area contributed by atoms with Crippen LogP contribution in [-0.4, -0.2) is 0 Å². The first-order chi connectivity index (χ1) is 28.1. The Labute approximate surface area is 344 Å². The third-order valence-corrected chi connectivity index (χ3v) is 13.4. The molecule has 0 aliphatic heterocycles. The molecule has 0 heteroatoms. The second-order valence-corrected chi connectivity index (χ2v) is 17.8. The average Bonchev–Trinajstić information content (AvgIpc) is 3.57. The predicted octanol–water partition coefficient (Wildman–Crippen LogP) is 15.1. The Kier molecular flexibility index (Phi) is 8.54. The topological polar surface area (TPSA) is 0 Å². The molecule has 8 aromatic rings. The lowest BCUT2D eigenvalue weighted by Gasteiger charge is -2.26. The fourth-order valence-corrected chi connectivity index (χ4v) is 10.2. The quantitative estimate of drug-likeness (QED) is 0.152. The van der Waals surface area contributed by atoms with Crippen molar-refractivity contribution in [3.8, 4) is 55.6 Å². The molecule has 282 valence electrons. The molecule has 2 aliphatic rings. The van der Waals surface area contributed by atoms with Crippen LogP contribution in [0.5, 0.6) is 0 Å². The Morgan fingerprint density at radius 1 is 0.310 bits per heavy atom. The smallest absolute Gasteiger partial charge is 0.0159 e. The normalized spacial score (nSPS) is 14.1. The van der Waals surface area contributed by atoms with E-state index < -0.39 is 0 Å². The molecule has 0 spiro atoms. The van der Waals surface area contributed by atoms with Crippen molar-refractivity contribution in [2.45, 2.75) is 65.2 Å². The van der Waals surface area contributed by atoms with Crippen molar-refractivity contribution in [1.82, 2.24) is 0 Å². The first-order valence-corrected chi connectivity index (χ1v) is 20.9. The largest absolute Gasteiger partial charge is 0.0622 e. The van der Waals surface area contributed by atoms with Gasteiger partial charge in [0.15, 0.2) is 0 Å². The molecule has 8 aromatic carbocycles. The zero-order valence-corrected chi connectivity index (χ0v) is 34.6. The lowest BCUT2D eigenvalue weighted by molar-refractivity contribution is 0.659. The number of aryl methyl sites for hydroxylation is 2. The standard InChI is InChI=1S/C58H50/c1-37-27-49-51-31-43(29-39-19-11-7-12-20-39)47(35-55(51)57(3,4)53(49)33-45(37)41-23-15-9-16-24-41)48-36-56-52(32-44(48)30-40-21-13-8-14-22-40)50-28-38(2)46(34-54(50)58(56,5)6)42-25-17-10-18-26-42/h7-28,31-36H,29-30H2,1-6H3. The van der Waals surface area contributed by atoms with Crippen LogP contribution < -0.4 is 0 Å². The van der Waals surface area contributed by atoms with Gasteiger partial charge in [0.2, 0.25) is 0 Å². The van der Waals surface area contributed by atoms with Gasteiger partial charge in [-0.05, 0) is 174 Å². The molecule has 0 saturated heterocycles. The summed E-state index contributed by atoms with van der Waals surface area (Å²) < 4.78 is 0. The van der Waals surface area contributed by atoms with E-state index in [1.807, 2.05) is 0 Å². The maximum absolute atomic E-state index is 2.59. The van der Waals surface area contributed by atoms with E-state index in [9.17, 15) is 0 Å². The molecule has 0 fully saturated rings. The van der Waals surface area contributed by atoms with Crippen LogP contribution in [-0.2, 0) is 23.7 Å². The summed E-state index contributed by atoms with van der Waals surface area (Å²) in [5.74, 6) is 0. The van der Waals surface area contributed by atoms with Gasteiger partial charge < -0.3 is 0 Å². The Morgan fingerprint density at radius 2 is 0.603 bits per heavy atom. The van der Waals surface area contributed by atoms with Crippen LogP contribution in [0.25, 0.3) is 55.6 Å². The minimum absolute atomic E-state index is 0.168. The van der Waals surface area contributed by atoms with Crippen molar-refractivity contribution in [2.75, 3.05) is 0 Å². The molecule has 0 aromatic heterocycles. The molecule has 0 atom stereocenters. The van der Waals surface area contributed by atoms with E-state index >= 15 is 0 Å². The molecule has 0 bridgehead atoms. The van der Waals surface area contributed by atoms with E-state index in [-0.39, 0.29) is 10.8 Å². The third-order valence-electron chi connectivity index (χ3n) is 13.4. The zero-order chi connectivity index (χ0) is 39.8. The summed E-state index contributed by atoms with van der Waals surface area (Å²) >= 11 is 0. The van der Waals surface area contributed by atoms with Crippen molar-refractivity contribution >= 4 is 0 Å². The first kappa shape index (κ1) is 36.1. The van der Waals surface area contributed by atoms with Gasteiger partial charge in [-0.2, -0.15) is 0 Å². The van der Waals surface area contributed by atoms with Gasteiger partial charge in [0.05, 0.1) is 0 Å². The zero-order valence-electron chi connectivity index (χ0n) is 34.6. The van der Waals surface area contributed by atoms with Gasteiger partial charge in [-0.25, -0.2) is 0 Å². The number of rotatable bonds is 7. The van der Waals surface area contributed by atoms with Gasteiger partial charge in [-0.15, -0.1) is 0 Å². The van der Waals surface area contributed by atoms with E-state index in [2.05, 4.69) is 211 Å². The SMILES string of the molecule is Cc1cc2c(cc1-c1ccccc1)C(C)(C)c1cc(-c3cc4c(cc3Cc3ccccc3)-c3cc(C)c(-c5ccccc5)cc3C4(C)C)c(Cc3ccccc3)cc1-2. The minimum atomic E-state index is -0.168. The van der Waals surface area contributed by atoms with E-state index in [1.54, 1.807) is 0 Å². The summed E-state index contributed by atoms with van der Waals surface area (Å²) in [6.07, 6.45) is 1.73. The van der Waals surface area contributed by atoms with Gasteiger partial charge in [0, 0.05) is 10.8 Å². The molecular weight excluding hydrogens is 697 g/mol. The van der Waals surface area contributed by atoms with Crippen LogP contribution in [0.3, 0.4) is 0 Å². The Hall–Kier alpha value is -6.24. The van der Waals surface area contributed by atoms with Gasteiger partial charge in [-0.3, -0.25) is 0 Å². The van der Waals surface area contributed by atoms with Gasteiger partial charge >= 0.3 is 0 Å². The molecule has 2 aliphatic carbocycles. The predicted molar refractivity (Wildman–Crippen MR) is 246 cm³/mol. The molecule has 0 heterocycles. The van der Waals surface area contributed by atoms with E-state index in [1.165, 1.54) is 111 Å². The van der Waals surface area contributed by atoms with E-state index in [0.29, 0.717) is 0 Å². The summed E-state index contributed by atoms with van der Waals surface area (Å²) in [7, 11) is 0. The summed E-state index contributed by atoms with van der Waals surface area (Å²) in [6, 6.07) is 64.1. The highest BCUT2D eigenvalue weighted by atomic mass is 14.4. The number of hydrogen-bond donors (Lipinski definition) is 0. The van der Waals surface area contributed by atoms with Crippen LogP contribution >= 0.6 is 0 Å². The average molecular weight is 747 g/mol. The molecular formula is C58H50. The fourth-order valence-electron chi connectivity index (χ4n) is 10.2. The lowest BCUT2D eigenvalue weighted by atomic mass is 9.77. The van der Waals surface area contributed by atoms with Crippen molar-refractivity contribution in [3.05, 3.63) is 225 Å². The molecule has 0 nitrogen and oxygen atoms in total. The minimum Gasteiger partial charge on any atom is -0.0622 e. The van der Waals surface area contributed by atoms with Gasteiger partial charge in [0.25, 0.3) is 0 Å². The summed E-state index contributed by atoms with van der Waals surface area (Å²) in [6.45, 7) is 14.3. The lowest BCUT2D eigenvalue weighted by Crippen LogP contribution is -2.16. The van der Waals surface area contributed by atoms with Gasteiger partial charge in [-0.1, -0.05) is 161 Å². The summed E-state index contributed by atoms with van der Waals surface area (Å²) in [5.41, 5.74) is 26.8. The second-order valence-electron chi connectivity index (χ2n) is 17.8. The highest BCUT2D eigenvalue weighted by molar-refractivity contribution is 5.92. The number of benzene rings is 8. The summed E-state index contributed by atoms with van der Waals surface area (Å²) in [5, 5.41) is 0. The maximum atomic E-state index is 2.59. The van der Waals surface area contributed by atoms with Crippen molar-refractivity contribution in [1.29, 1.82) is 0 Å². The molecule has 0 N–H and O–H groups in total. The maximum Gasteiger partial charge on any atom is 0.0159 e. The van der Waals surface area contributed by atoms with Crippen LogP contribution in [0.1, 0.15) is 83.3 Å². The third kappa shape index (κ3) is 5.89. The van der Waals surface area contributed by atoms with E-state index in [4.69, 9.17) is 0 Å². The fraction of sp³-hybridized carbons (Fsp3) is 0.172. The highest BCUT2D eigenvalue weighted by Gasteiger charge is 2.39. The Balaban J connectivity index is 1.20. The van der Waals surface area contributed by atoms with Crippen molar-refractivity contribution < 1.29 is 0 Å². The second kappa shape index (κ2) is 13.7. The van der Waals surface area contributed by atoms with E-state index in [0.717, 1.165) is 12.8 Å². The van der Waals surface area contributed by atoms with Gasteiger partial charge in [0.1, 0.15) is 0 Å². The van der Waals surface area contributed by atoms with Crippen LogP contribution in [0.15, 0.2) is 170 Å². The number of hydrogen-bond acceptors (Lipinski definition) is 0. The van der Waals surface area contributed by atoms with Crippen LogP contribution in [0, 0.1) is 13.8 Å². The van der Waals surface area contributed by atoms with Crippen molar-refractivity contribution in [3.63, 3.8) is 0 Å². The Bertz CT molecular complexity index is 2660. The molecule has 10 rings (SSSR count). The van der Waals surface area contributed by atoms with Crippen LogP contribution in [0.2, 0.25) is 0 Å². The monoisotopic (exact) mass is 746 g/mol. The van der Waals surface area contributed by atoms with Crippen LogP contribution in [0.4, 0.5) is 0 Å². The molecule has 0 unspecified atom stereocenters. The molecule has 0 radical (unpaired) electrons. The highest BCUT2D eigenvalue weighted by Crippen LogP contribution is 2.55. The summed E-state index contributed by atoms with van der Waals surface area (Å²) in [4.78, 5) is 0. The molecule has 0 saturated carbocycles. The Morgan fingerprint density at radius 3 is 0.948 bits per heavy atom. The number of fused-ring (bicyclic) bond motifs is 6.